The molecular formula is C17H20N2O2S. The second-order valence-corrected chi connectivity index (χ2v) is 5.92. The van der Waals surface area contributed by atoms with Crippen LogP contribution in [-0.2, 0) is 0 Å². The molecule has 2 rings (SSSR count). The van der Waals surface area contributed by atoms with E-state index in [2.05, 4.69) is 4.79 Å². The first kappa shape index (κ1) is 16.4. The SMILES string of the molecule is CCOc1cc(C)c(OCC)c(SC2C=CC=CC2=[N+]=[N-])c1. The molecule has 1 atom stereocenters. The first-order chi connectivity index (χ1) is 10.7. The highest BCUT2D eigenvalue weighted by atomic mass is 32.2. The minimum Gasteiger partial charge on any atom is -0.494 e. The highest BCUT2D eigenvalue weighted by Gasteiger charge is 2.24. The summed E-state index contributed by atoms with van der Waals surface area (Å²) in [7, 11) is 0. The summed E-state index contributed by atoms with van der Waals surface area (Å²) in [5, 5.41) is -0.0505. The Morgan fingerprint density at radius 1 is 1.18 bits per heavy atom. The topological polar surface area (TPSA) is 54.9 Å². The van der Waals surface area contributed by atoms with Crippen molar-refractivity contribution < 1.29 is 14.3 Å². The Morgan fingerprint density at radius 2 is 1.95 bits per heavy atom. The Hall–Kier alpha value is -1.97. The molecule has 1 aliphatic rings. The Morgan fingerprint density at radius 3 is 2.64 bits per heavy atom. The summed E-state index contributed by atoms with van der Waals surface area (Å²) in [6.07, 6.45) is 7.61. The molecule has 4 nitrogen and oxygen atoms in total. The van der Waals surface area contributed by atoms with Crippen LogP contribution in [0.2, 0.25) is 0 Å². The smallest absolute Gasteiger partial charge is 0.309 e. The van der Waals surface area contributed by atoms with E-state index >= 15 is 0 Å². The van der Waals surface area contributed by atoms with E-state index in [1.807, 2.05) is 51.1 Å². The van der Waals surface area contributed by atoms with Crippen molar-refractivity contribution in [3.63, 3.8) is 0 Å². The molecule has 22 heavy (non-hydrogen) atoms. The van der Waals surface area contributed by atoms with Crippen molar-refractivity contribution >= 4 is 17.5 Å². The van der Waals surface area contributed by atoms with Gasteiger partial charge in [-0.3, -0.25) is 0 Å². The second kappa shape index (κ2) is 7.87. The normalized spacial score (nSPS) is 16.5. The van der Waals surface area contributed by atoms with Gasteiger partial charge in [-0.05, 0) is 38.5 Å². The van der Waals surface area contributed by atoms with E-state index in [-0.39, 0.29) is 5.25 Å². The Balaban J connectivity index is 2.36. The van der Waals surface area contributed by atoms with Crippen LogP contribution >= 0.6 is 11.8 Å². The lowest BCUT2D eigenvalue weighted by Crippen LogP contribution is -2.15. The van der Waals surface area contributed by atoms with E-state index in [4.69, 9.17) is 15.0 Å². The maximum absolute atomic E-state index is 9.14. The van der Waals surface area contributed by atoms with Crippen molar-refractivity contribution in [1.29, 1.82) is 0 Å². The number of hydrogen-bond acceptors (Lipinski definition) is 3. The maximum atomic E-state index is 9.14. The fourth-order valence-electron chi connectivity index (χ4n) is 2.22. The van der Waals surface area contributed by atoms with Crippen LogP contribution in [0, 0.1) is 6.92 Å². The molecule has 0 fully saturated rings. The summed E-state index contributed by atoms with van der Waals surface area (Å²) in [4.78, 5) is 4.35. The molecule has 0 heterocycles. The third-order valence-electron chi connectivity index (χ3n) is 3.14. The standard InChI is InChI=1S/C17H20N2O2S/c1-4-20-13-10-12(3)17(21-5-2)16(11-13)22-15-9-7-6-8-14(15)19-18/h6-11,15H,4-5H2,1-3H3. The number of aryl methyl sites for hydroxylation is 1. The average molecular weight is 316 g/mol. The van der Waals surface area contributed by atoms with Gasteiger partial charge < -0.3 is 15.0 Å². The molecule has 1 unspecified atom stereocenters. The van der Waals surface area contributed by atoms with E-state index in [0.717, 1.165) is 22.0 Å². The number of allylic oxidation sites excluding steroid dienone is 3. The van der Waals surface area contributed by atoms with Crippen molar-refractivity contribution in [2.45, 2.75) is 30.9 Å². The van der Waals surface area contributed by atoms with Crippen LogP contribution in [0.25, 0.3) is 5.53 Å². The largest absolute Gasteiger partial charge is 0.494 e. The van der Waals surface area contributed by atoms with Crippen molar-refractivity contribution in [2.75, 3.05) is 13.2 Å². The van der Waals surface area contributed by atoms with Gasteiger partial charge in [-0.15, -0.1) is 11.8 Å². The molecule has 0 saturated carbocycles. The number of thioether (sulfide) groups is 1. The fourth-order valence-corrected chi connectivity index (χ4v) is 3.42. The monoisotopic (exact) mass is 316 g/mol. The lowest BCUT2D eigenvalue weighted by molar-refractivity contribution is -0.00494. The summed E-state index contributed by atoms with van der Waals surface area (Å²) in [5.74, 6) is 1.68. The van der Waals surface area contributed by atoms with Crippen LogP contribution in [-0.4, -0.2) is 29.0 Å². The highest BCUT2D eigenvalue weighted by molar-refractivity contribution is 8.01. The van der Waals surface area contributed by atoms with E-state index in [1.54, 1.807) is 17.8 Å². The highest BCUT2D eigenvalue weighted by Crippen LogP contribution is 2.39. The van der Waals surface area contributed by atoms with Crippen LogP contribution in [0.3, 0.4) is 0 Å². The van der Waals surface area contributed by atoms with Crippen LogP contribution in [0.5, 0.6) is 11.5 Å². The van der Waals surface area contributed by atoms with Crippen molar-refractivity contribution in [3.05, 3.63) is 47.5 Å². The zero-order valence-electron chi connectivity index (χ0n) is 13.1. The molecule has 1 aromatic rings. The summed E-state index contributed by atoms with van der Waals surface area (Å²) in [6.45, 7) is 7.16. The van der Waals surface area contributed by atoms with Crippen molar-refractivity contribution in [3.8, 4) is 11.5 Å². The van der Waals surface area contributed by atoms with Crippen molar-refractivity contribution in [2.24, 2.45) is 0 Å². The minimum atomic E-state index is -0.0505. The van der Waals surface area contributed by atoms with Gasteiger partial charge in [-0.1, -0.05) is 18.2 Å². The molecule has 0 saturated heterocycles. The van der Waals surface area contributed by atoms with Gasteiger partial charge in [0.1, 0.15) is 16.7 Å². The molecule has 0 amide bonds. The van der Waals surface area contributed by atoms with Crippen LogP contribution < -0.4 is 9.47 Å². The summed E-state index contributed by atoms with van der Waals surface area (Å²) < 4.78 is 11.4. The molecule has 0 radical (unpaired) electrons. The van der Waals surface area contributed by atoms with Crippen LogP contribution in [0.4, 0.5) is 0 Å². The van der Waals surface area contributed by atoms with Gasteiger partial charge in [0, 0.05) is 6.08 Å². The number of benzene rings is 1. The minimum absolute atomic E-state index is 0.0505. The summed E-state index contributed by atoms with van der Waals surface area (Å²) >= 11 is 1.58. The molecule has 1 aliphatic carbocycles. The lowest BCUT2D eigenvalue weighted by Gasteiger charge is -2.17. The average Bonchev–Trinajstić information content (AvgIpc) is 2.51. The first-order valence-electron chi connectivity index (χ1n) is 7.33. The summed E-state index contributed by atoms with van der Waals surface area (Å²) in [6, 6.07) is 3.96. The van der Waals surface area contributed by atoms with E-state index in [0.29, 0.717) is 18.9 Å². The molecule has 0 spiro atoms. The first-order valence-corrected chi connectivity index (χ1v) is 8.21. The zero-order chi connectivity index (χ0) is 15.9. The fraction of sp³-hybridized carbons (Fsp3) is 0.353. The predicted octanol–water partition coefficient (Wildman–Crippen LogP) is 4.05. The molecule has 1 aromatic carbocycles. The number of rotatable bonds is 6. The van der Waals surface area contributed by atoms with Gasteiger partial charge in [0.25, 0.3) is 0 Å². The summed E-state index contributed by atoms with van der Waals surface area (Å²) in [5.41, 5.74) is 10.8. The Labute approximate surface area is 135 Å². The Kier molecular flexibility index (Phi) is 5.87. The van der Waals surface area contributed by atoms with E-state index in [1.165, 1.54) is 0 Å². The van der Waals surface area contributed by atoms with Gasteiger partial charge >= 0.3 is 5.71 Å². The van der Waals surface area contributed by atoms with Crippen LogP contribution in [0.1, 0.15) is 19.4 Å². The van der Waals surface area contributed by atoms with E-state index in [9.17, 15) is 0 Å². The number of ether oxygens (including phenoxy) is 2. The zero-order valence-corrected chi connectivity index (χ0v) is 13.9. The van der Waals surface area contributed by atoms with Gasteiger partial charge in [0.2, 0.25) is 0 Å². The number of nitrogens with zero attached hydrogens (tertiary/aromatic N) is 2. The van der Waals surface area contributed by atoms with Gasteiger partial charge in [0.15, 0.2) is 0 Å². The number of hydrogen-bond donors (Lipinski definition) is 0. The molecular weight excluding hydrogens is 296 g/mol. The third-order valence-corrected chi connectivity index (χ3v) is 4.35. The third kappa shape index (κ3) is 3.81. The van der Waals surface area contributed by atoms with Crippen molar-refractivity contribution in [1.82, 2.24) is 0 Å². The molecule has 0 aromatic heterocycles. The van der Waals surface area contributed by atoms with E-state index < -0.39 is 0 Å². The lowest BCUT2D eigenvalue weighted by atomic mass is 10.1. The molecule has 0 aliphatic heterocycles. The molecule has 0 bridgehead atoms. The molecule has 0 N–H and O–H groups in total. The quantitative estimate of drug-likeness (QED) is 0.587. The predicted molar refractivity (Wildman–Crippen MR) is 90.1 cm³/mol. The second-order valence-electron chi connectivity index (χ2n) is 4.74. The van der Waals surface area contributed by atoms with Gasteiger partial charge in [-0.25, -0.2) is 0 Å². The maximum Gasteiger partial charge on any atom is 0.309 e. The molecule has 5 heteroatoms. The molecule has 116 valence electrons. The Bertz CT molecular complexity index is 646. The van der Waals surface area contributed by atoms with Gasteiger partial charge in [-0.2, -0.15) is 4.79 Å². The van der Waals surface area contributed by atoms with Gasteiger partial charge in [0.05, 0.1) is 18.1 Å². The van der Waals surface area contributed by atoms with Crippen LogP contribution in [0.15, 0.2) is 41.3 Å².